The van der Waals surface area contributed by atoms with Crippen LogP contribution < -0.4 is 10.1 Å². The van der Waals surface area contributed by atoms with E-state index in [9.17, 15) is 4.79 Å². The van der Waals surface area contributed by atoms with Crippen LogP contribution in [0.2, 0.25) is 0 Å². The topological polar surface area (TPSA) is 56.2 Å². The van der Waals surface area contributed by atoms with Crippen LogP contribution in [0.15, 0.2) is 48.5 Å². The number of unbranched alkanes of at least 4 members (excludes halogenated alkanes) is 3. The van der Waals surface area contributed by atoms with Gasteiger partial charge in [-0.2, -0.15) is 0 Å². The van der Waals surface area contributed by atoms with Gasteiger partial charge in [-0.25, -0.2) is 4.98 Å². The summed E-state index contributed by atoms with van der Waals surface area (Å²) in [5.74, 6) is 2.29. The molecule has 1 amide bonds. The van der Waals surface area contributed by atoms with Crippen LogP contribution in [0.25, 0.3) is 11.0 Å². The number of carbonyl (C=O) groups excluding carboxylic acids is 1. The normalized spacial score (nSPS) is 11.1. The lowest BCUT2D eigenvalue weighted by Gasteiger charge is -2.11. The van der Waals surface area contributed by atoms with Crippen molar-refractivity contribution < 1.29 is 9.53 Å². The quantitative estimate of drug-likeness (QED) is 0.286. The van der Waals surface area contributed by atoms with Gasteiger partial charge in [-0.1, -0.05) is 44.5 Å². The average molecular weight is 450 g/mol. The standard InChI is InChI=1S/C28H39N3O2/c1-3-12-28(32)29-20-9-5-6-15-27-30-25-13-7-8-14-26(25)31(27)21-10-11-22-33-24-18-16-23(4-2)17-19-24/h7-8,13-14,16-19H,3-6,9-12,15,20-22H2,1-2H3,(H,29,32). The Morgan fingerprint density at radius 3 is 2.58 bits per heavy atom. The summed E-state index contributed by atoms with van der Waals surface area (Å²) < 4.78 is 8.31. The third-order valence-corrected chi connectivity index (χ3v) is 5.99. The van der Waals surface area contributed by atoms with Crippen molar-refractivity contribution in [2.24, 2.45) is 0 Å². The van der Waals surface area contributed by atoms with Crippen molar-refractivity contribution in [1.82, 2.24) is 14.9 Å². The molecule has 3 aromatic rings. The SMILES string of the molecule is CCCC(=O)NCCCCCc1nc2ccccc2n1CCCCOc1ccc(CC)cc1. The Morgan fingerprint density at radius 1 is 0.970 bits per heavy atom. The molecule has 33 heavy (non-hydrogen) atoms. The highest BCUT2D eigenvalue weighted by atomic mass is 16.5. The van der Waals surface area contributed by atoms with Crippen LogP contribution >= 0.6 is 0 Å². The van der Waals surface area contributed by atoms with Crippen LogP contribution in [0, 0.1) is 0 Å². The minimum absolute atomic E-state index is 0.168. The lowest BCUT2D eigenvalue weighted by molar-refractivity contribution is -0.121. The summed E-state index contributed by atoms with van der Waals surface area (Å²) in [7, 11) is 0. The second kappa shape index (κ2) is 13.7. The number of ether oxygens (including phenoxy) is 1. The van der Waals surface area contributed by atoms with Crippen molar-refractivity contribution in [3.8, 4) is 5.75 Å². The molecule has 0 fully saturated rings. The number of hydrogen-bond donors (Lipinski definition) is 1. The molecule has 0 saturated carbocycles. The zero-order valence-corrected chi connectivity index (χ0v) is 20.3. The van der Waals surface area contributed by atoms with Gasteiger partial charge in [-0.15, -0.1) is 0 Å². The van der Waals surface area contributed by atoms with E-state index in [0.29, 0.717) is 6.42 Å². The Balaban J connectivity index is 1.44. The molecule has 0 radical (unpaired) electrons. The van der Waals surface area contributed by atoms with Crippen LogP contribution in [0.3, 0.4) is 0 Å². The molecule has 2 aromatic carbocycles. The molecule has 0 bridgehead atoms. The number of carbonyl (C=O) groups is 1. The first-order valence-corrected chi connectivity index (χ1v) is 12.6. The van der Waals surface area contributed by atoms with E-state index < -0.39 is 0 Å². The zero-order chi connectivity index (χ0) is 23.3. The number of imidazole rings is 1. The fourth-order valence-electron chi connectivity index (χ4n) is 4.08. The molecule has 1 N–H and O–H groups in total. The molecular weight excluding hydrogens is 410 g/mol. The second-order valence-corrected chi connectivity index (χ2v) is 8.63. The minimum atomic E-state index is 0.168. The molecule has 0 atom stereocenters. The van der Waals surface area contributed by atoms with Crippen molar-refractivity contribution in [3.63, 3.8) is 0 Å². The molecule has 5 nitrogen and oxygen atoms in total. The van der Waals surface area contributed by atoms with Crippen LogP contribution in [-0.2, 0) is 24.2 Å². The number of nitrogens with zero attached hydrogens (tertiary/aromatic N) is 2. The number of fused-ring (bicyclic) bond motifs is 1. The molecule has 0 spiro atoms. The minimum Gasteiger partial charge on any atom is -0.494 e. The van der Waals surface area contributed by atoms with Gasteiger partial charge in [-0.3, -0.25) is 4.79 Å². The maximum Gasteiger partial charge on any atom is 0.219 e. The summed E-state index contributed by atoms with van der Waals surface area (Å²) in [5.41, 5.74) is 3.63. The molecule has 1 heterocycles. The van der Waals surface area contributed by atoms with Crippen molar-refractivity contribution in [3.05, 3.63) is 59.9 Å². The van der Waals surface area contributed by atoms with Crippen molar-refractivity contribution >= 4 is 16.9 Å². The third kappa shape index (κ3) is 7.92. The number of para-hydroxylation sites is 2. The summed E-state index contributed by atoms with van der Waals surface area (Å²) in [6, 6.07) is 16.8. The van der Waals surface area contributed by atoms with E-state index in [1.165, 1.54) is 16.9 Å². The lowest BCUT2D eigenvalue weighted by atomic mass is 10.2. The van der Waals surface area contributed by atoms with Crippen LogP contribution in [0.5, 0.6) is 5.75 Å². The Kier molecular flexibility index (Phi) is 10.3. The molecule has 0 aliphatic heterocycles. The molecule has 178 valence electrons. The molecule has 0 saturated heterocycles. The first kappa shape index (κ1) is 24.8. The monoisotopic (exact) mass is 449 g/mol. The van der Waals surface area contributed by atoms with Gasteiger partial charge < -0.3 is 14.6 Å². The van der Waals surface area contributed by atoms with Gasteiger partial charge in [0, 0.05) is 25.9 Å². The highest BCUT2D eigenvalue weighted by Gasteiger charge is 2.10. The van der Waals surface area contributed by atoms with Crippen molar-refractivity contribution in [1.29, 1.82) is 0 Å². The molecule has 3 rings (SSSR count). The molecule has 1 aromatic heterocycles. The summed E-state index contributed by atoms with van der Waals surface area (Å²) in [4.78, 5) is 16.5. The highest BCUT2D eigenvalue weighted by Crippen LogP contribution is 2.19. The number of nitrogens with one attached hydrogen (secondary N) is 1. The molecular formula is C28H39N3O2. The summed E-state index contributed by atoms with van der Waals surface area (Å²) in [5, 5.41) is 3.00. The van der Waals surface area contributed by atoms with Gasteiger partial charge >= 0.3 is 0 Å². The molecule has 0 unspecified atom stereocenters. The lowest BCUT2D eigenvalue weighted by Crippen LogP contribution is -2.23. The predicted octanol–water partition coefficient (Wildman–Crippen LogP) is 6.09. The van der Waals surface area contributed by atoms with Gasteiger partial charge in [0.25, 0.3) is 0 Å². The van der Waals surface area contributed by atoms with Gasteiger partial charge in [-0.05, 0) is 68.4 Å². The second-order valence-electron chi connectivity index (χ2n) is 8.63. The Labute approximate surface area is 198 Å². The number of aryl methyl sites for hydroxylation is 3. The molecule has 0 aliphatic carbocycles. The summed E-state index contributed by atoms with van der Waals surface area (Å²) in [6.45, 7) is 6.66. The average Bonchev–Trinajstić information content (AvgIpc) is 3.19. The van der Waals surface area contributed by atoms with E-state index in [1.54, 1.807) is 0 Å². The van der Waals surface area contributed by atoms with Gasteiger partial charge in [0.2, 0.25) is 5.91 Å². The highest BCUT2D eigenvalue weighted by molar-refractivity contribution is 5.76. The van der Waals surface area contributed by atoms with E-state index in [1.807, 2.05) is 6.92 Å². The Bertz CT molecular complexity index is 978. The molecule has 5 heteroatoms. The number of aromatic nitrogens is 2. The zero-order valence-electron chi connectivity index (χ0n) is 20.3. The fraction of sp³-hybridized carbons (Fsp3) is 0.500. The molecule has 0 aliphatic rings. The smallest absolute Gasteiger partial charge is 0.219 e. The van der Waals surface area contributed by atoms with Crippen molar-refractivity contribution in [2.45, 2.75) is 78.2 Å². The van der Waals surface area contributed by atoms with E-state index in [0.717, 1.165) is 82.3 Å². The maximum absolute atomic E-state index is 11.6. The van der Waals surface area contributed by atoms with Gasteiger partial charge in [0.15, 0.2) is 0 Å². The largest absolute Gasteiger partial charge is 0.494 e. The van der Waals surface area contributed by atoms with E-state index in [4.69, 9.17) is 9.72 Å². The van der Waals surface area contributed by atoms with Gasteiger partial charge in [0.1, 0.15) is 11.6 Å². The van der Waals surface area contributed by atoms with E-state index in [2.05, 4.69) is 65.3 Å². The van der Waals surface area contributed by atoms with Crippen LogP contribution in [0.1, 0.15) is 70.2 Å². The van der Waals surface area contributed by atoms with Gasteiger partial charge in [0.05, 0.1) is 17.6 Å². The van der Waals surface area contributed by atoms with Crippen molar-refractivity contribution in [2.75, 3.05) is 13.2 Å². The first-order chi connectivity index (χ1) is 16.2. The van der Waals surface area contributed by atoms with E-state index in [-0.39, 0.29) is 5.91 Å². The number of benzene rings is 2. The summed E-state index contributed by atoms with van der Waals surface area (Å²) in [6.07, 6.45) is 8.83. The third-order valence-electron chi connectivity index (χ3n) is 5.99. The fourth-order valence-corrected chi connectivity index (χ4v) is 4.08. The predicted molar refractivity (Wildman–Crippen MR) is 136 cm³/mol. The Morgan fingerprint density at radius 2 is 1.79 bits per heavy atom. The van der Waals surface area contributed by atoms with E-state index >= 15 is 0 Å². The number of amides is 1. The Hall–Kier alpha value is -2.82. The van der Waals surface area contributed by atoms with Crippen LogP contribution in [0.4, 0.5) is 0 Å². The number of rotatable bonds is 15. The maximum atomic E-state index is 11.6. The summed E-state index contributed by atoms with van der Waals surface area (Å²) >= 11 is 0. The van der Waals surface area contributed by atoms with Crippen LogP contribution in [-0.4, -0.2) is 28.6 Å². The first-order valence-electron chi connectivity index (χ1n) is 12.6. The number of hydrogen-bond acceptors (Lipinski definition) is 3.